The maximum Gasteiger partial charge on any atom is 0.239 e. The minimum atomic E-state index is -2.11. The predicted molar refractivity (Wildman–Crippen MR) is 102 cm³/mol. The quantitative estimate of drug-likeness (QED) is 0.477. The Labute approximate surface area is 151 Å². The molecule has 2 aromatic carbocycles. The molecule has 122 valence electrons. The Kier molecular flexibility index (Phi) is 2.33. The zero-order valence-electron chi connectivity index (χ0n) is 17.2. The molecular weight excluding hydrogens is 306 g/mol. The molecule has 0 unspecified atom stereocenters. The van der Waals surface area contributed by atoms with Crippen molar-refractivity contribution in [3.63, 3.8) is 0 Å². The summed E-state index contributed by atoms with van der Waals surface area (Å²) in [6.45, 7) is -0.131. The maximum atomic E-state index is 7.71. The lowest BCUT2D eigenvalue weighted by Gasteiger charge is -2.10. The summed E-state index contributed by atoms with van der Waals surface area (Å²) in [5.74, 6) is 1.03. The molecule has 1 aliphatic rings. The van der Waals surface area contributed by atoms with Crippen molar-refractivity contribution >= 4 is 28.1 Å². The number of pyridine rings is 1. The lowest BCUT2D eigenvalue weighted by Crippen LogP contribution is -2.33. The van der Waals surface area contributed by atoms with Crippen LogP contribution in [0.15, 0.2) is 48.5 Å². The molecule has 2 aromatic heterocycles. The van der Waals surface area contributed by atoms with Crippen molar-refractivity contribution in [2.45, 2.75) is 20.2 Å². The van der Waals surface area contributed by atoms with E-state index < -0.39 is 6.85 Å². The van der Waals surface area contributed by atoms with Crippen molar-refractivity contribution in [1.29, 1.82) is 0 Å². The second kappa shape index (κ2) is 5.03. The van der Waals surface area contributed by atoms with Gasteiger partial charge >= 0.3 is 0 Å². The van der Waals surface area contributed by atoms with E-state index in [0.29, 0.717) is 5.56 Å². The van der Waals surface area contributed by atoms with E-state index in [9.17, 15) is 0 Å². The summed E-state index contributed by atoms with van der Waals surface area (Å²) in [4.78, 5) is 4.93. The number of benzene rings is 2. The van der Waals surface area contributed by atoms with Gasteiger partial charge in [-0.05, 0) is 31.5 Å². The Morgan fingerprint density at radius 3 is 2.92 bits per heavy atom. The van der Waals surface area contributed by atoms with Gasteiger partial charge in [-0.3, -0.25) is 4.57 Å². The number of imidazole rings is 1. The standard InChI is InChI=1S/C22H20N3/c1-14-10-11-16(15(2)13-14)21-22-20(23-19-9-6-12-25(19)22)17-7-4-5-8-18(17)24(21)3/h4-8,10-13H,9H2,1-3H3/q+1/i1D3. The zero-order chi connectivity index (χ0) is 19.6. The van der Waals surface area contributed by atoms with Gasteiger partial charge in [0.1, 0.15) is 23.9 Å². The molecule has 0 bridgehead atoms. The van der Waals surface area contributed by atoms with E-state index in [1.807, 2.05) is 25.1 Å². The smallest absolute Gasteiger partial charge is 0.239 e. The average molecular weight is 329 g/mol. The van der Waals surface area contributed by atoms with Crippen LogP contribution in [-0.4, -0.2) is 9.55 Å². The molecule has 1 aliphatic heterocycles. The zero-order valence-corrected chi connectivity index (χ0v) is 14.2. The fourth-order valence-corrected chi connectivity index (χ4v) is 3.94. The molecule has 0 amide bonds. The summed E-state index contributed by atoms with van der Waals surface area (Å²) in [5.41, 5.74) is 6.54. The minimum Gasteiger partial charge on any atom is -0.298 e. The van der Waals surface area contributed by atoms with Gasteiger partial charge in [0.25, 0.3) is 0 Å². The highest BCUT2D eigenvalue weighted by Gasteiger charge is 2.27. The highest BCUT2D eigenvalue weighted by molar-refractivity contribution is 6.06. The summed E-state index contributed by atoms with van der Waals surface area (Å²) in [7, 11) is 2.06. The Morgan fingerprint density at radius 1 is 1.20 bits per heavy atom. The molecule has 0 saturated carbocycles. The molecule has 0 atom stereocenters. The van der Waals surface area contributed by atoms with Gasteiger partial charge in [0.15, 0.2) is 0 Å². The van der Waals surface area contributed by atoms with Crippen molar-refractivity contribution in [2.75, 3.05) is 0 Å². The first kappa shape index (κ1) is 11.6. The fraction of sp³-hybridized carbons (Fsp3) is 0.182. The first-order valence-electron chi connectivity index (χ1n) is 9.96. The number of aryl methyl sites for hydroxylation is 3. The van der Waals surface area contributed by atoms with Gasteiger partial charge in [-0.15, -0.1) is 0 Å². The minimum absolute atomic E-state index is 0.367. The number of nitrogens with zero attached hydrogens (tertiary/aromatic N) is 3. The van der Waals surface area contributed by atoms with Crippen LogP contribution >= 0.6 is 0 Å². The molecule has 3 heteroatoms. The third kappa shape index (κ3) is 1.92. The molecule has 0 fully saturated rings. The molecule has 0 saturated heterocycles. The van der Waals surface area contributed by atoms with Crippen LogP contribution in [0, 0.1) is 13.8 Å². The average Bonchev–Trinajstić information content (AvgIpc) is 3.24. The predicted octanol–water partition coefficient (Wildman–Crippen LogP) is 4.32. The third-order valence-corrected chi connectivity index (χ3v) is 5.10. The van der Waals surface area contributed by atoms with Crippen LogP contribution in [0.1, 0.15) is 21.1 Å². The van der Waals surface area contributed by atoms with Gasteiger partial charge in [0, 0.05) is 22.8 Å². The SMILES string of the molecule is [2H]C([2H])([2H])c1ccc(-c2c3c(nc4n3C=CC4)c3ccccc3[n+]2C)c(C)c1. The summed E-state index contributed by atoms with van der Waals surface area (Å²) in [6.07, 6.45) is 5.02. The lowest BCUT2D eigenvalue weighted by atomic mass is 10.00. The number of aromatic nitrogens is 3. The van der Waals surface area contributed by atoms with Gasteiger partial charge in [0.05, 0.1) is 10.9 Å². The van der Waals surface area contributed by atoms with Gasteiger partial charge in [-0.1, -0.05) is 35.9 Å². The fourth-order valence-electron chi connectivity index (χ4n) is 3.94. The van der Waals surface area contributed by atoms with Crippen LogP contribution < -0.4 is 4.57 Å². The largest absolute Gasteiger partial charge is 0.298 e. The second-order valence-corrected chi connectivity index (χ2v) is 6.64. The van der Waals surface area contributed by atoms with Gasteiger partial charge in [-0.25, -0.2) is 4.98 Å². The van der Waals surface area contributed by atoms with Crippen LogP contribution in [0.5, 0.6) is 0 Å². The number of allylic oxidation sites excluding steroid dienone is 1. The topological polar surface area (TPSA) is 21.7 Å². The Hall–Kier alpha value is -2.94. The third-order valence-electron chi connectivity index (χ3n) is 5.10. The Morgan fingerprint density at radius 2 is 2.08 bits per heavy atom. The molecule has 4 aromatic rings. The van der Waals surface area contributed by atoms with E-state index >= 15 is 0 Å². The normalized spacial score (nSPS) is 15.4. The molecule has 5 rings (SSSR count). The number of hydrogen-bond acceptors (Lipinski definition) is 1. The van der Waals surface area contributed by atoms with Crippen molar-refractivity contribution in [1.82, 2.24) is 9.55 Å². The van der Waals surface area contributed by atoms with Crippen molar-refractivity contribution in [2.24, 2.45) is 7.05 Å². The second-order valence-electron chi connectivity index (χ2n) is 6.64. The first-order valence-corrected chi connectivity index (χ1v) is 8.46. The lowest BCUT2D eigenvalue weighted by molar-refractivity contribution is -0.632. The van der Waals surface area contributed by atoms with Gasteiger partial charge in [0.2, 0.25) is 11.2 Å². The number of para-hydroxylation sites is 1. The van der Waals surface area contributed by atoms with Crippen LogP contribution in [0.2, 0.25) is 0 Å². The van der Waals surface area contributed by atoms with Crippen molar-refractivity contribution in [3.05, 3.63) is 65.5 Å². The molecule has 0 N–H and O–H groups in total. The summed E-state index contributed by atoms with van der Waals surface area (Å²) in [6, 6.07) is 13.7. The number of hydrogen-bond donors (Lipinski definition) is 0. The molecule has 25 heavy (non-hydrogen) atoms. The Balaban J connectivity index is 1.92. The molecule has 0 spiro atoms. The van der Waals surface area contributed by atoms with Crippen LogP contribution in [0.3, 0.4) is 0 Å². The molecule has 0 aliphatic carbocycles. The molecule has 3 nitrogen and oxygen atoms in total. The van der Waals surface area contributed by atoms with Crippen LogP contribution in [0.25, 0.3) is 39.4 Å². The Bertz CT molecular complexity index is 1300. The van der Waals surface area contributed by atoms with E-state index in [1.165, 1.54) is 0 Å². The molecular formula is C22H20N3+. The summed E-state index contributed by atoms with van der Waals surface area (Å²) < 4.78 is 27.5. The summed E-state index contributed by atoms with van der Waals surface area (Å²) >= 11 is 0. The van der Waals surface area contributed by atoms with Gasteiger partial charge < -0.3 is 0 Å². The summed E-state index contributed by atoms with van der Waals surface area (Å²) in [5, 5.41) is 1.12. The van der Waals surface area contributed by atoms with Crippen molar-refractivity contribution in [3.8, 4) is 11.3 Å². The molecule has 0 radical (unpaired) electrons. The van der Waals surface area contributed by atoms with E-state index in [0.717, 1.165) is 51.0 Å². The van der Waals surface area contributed by atoms with E-state index in [1.54, 1.807) is 12.1 Å². The van der Waals surface area contributed by atoms with E-state index in [-0.39, 0.29) is 0 Å². The van der Waals surface area contributed by atoms with E-state index in [2.05, 4.69) is 40.6 Å². The first-order chi connectivity index (χ1) is 13.4. The van der Waals surface area contributed by atoms with Crippen molar-refractivity contribution < 1.29 is 8.68 Å². The highest BCUT2D eigenvalue weighted by atomic mass is 15.1. The molecule has 3 heterocycles. The van der Waals surface area contributed by atoms with E-state index in [4.69, 9.17) is 9.10 Å². The number of fused-ring (bicyclic) bond motifs is 5. The van der Waals surface area contributed by atoms with Crippen LogP contribution in [0.4, 0.5) is 0 Å². The maximum absolute atomic E-state index is 7.71. The van der Waals surface area contributed by atoms with Gasteiger partial charge in [-0.2, -0.15) is 4.57 Å². The van der Waals surface area contributed by atoms with Crippen LogP contribution in [-0.2, 0) is 13.5 Å². The highest BCUT2D eigenvalue weighted by Crippen LogP contribution is 2.34. The monoisotopic (exact) mass is 329 g/mol. The number of rotatable bonds is 1.